The van der Waals surface area contributed by atoms with Crippen LogP contribution in [0.2, 0.25) is 24.2 Å². The zero-order valence-corrected chi connectivity index (χ0v) is 23.4. The van der Waals surface area contributed by atoms with Crippen LogP contribution < -0.4 is 0 Å². The van der Waals surface area contributed by atoms with Crippen molar-refractivity contribution in [3.8, 4) is 0 Å². The first kappa shape index (κ1) is 26.5. The van der Waals surface area contributed by atoms with Gasteiger partial charge in [0, 0.05) is 10.6 Å². The van der Waals surface area contributed by atoms with Crippen molar-refractivity contribution in [3.05, 3.63) is 0 Å². The SMILES string of the molecule is CC(C)(C)O[Si](C)(CCC1CCC(O)C(O)C1)C(C)(C)C(C)(C)O[Si]1(C)OC1(C)C. The third-order valence-corrected chi connectivity index (χ3v) is 17.7. The molecule has 30 heavy (non-hydrogen) atoms. The first-order chi connectivity index (χ1) is 13.3. The highest BCUT2D eigenvalue weighted by Crippen LogP contribution is 2.57. The van der Waals surface area contributed by atoms with E-state index in [1.165, 1.54) is 0 Å². The molecule has 5 unspecified atom stereocenters. The van der Waals surface area contributed by atoms with Gasteiger partial charge < -0.3 is 23.5 Å². The molecular weight excluding hydrogens is 412 g/mol. The van der Waals surface area contributed by atoms with Gasteiger partial charge in [-0.3, -0.25) is 0 Å². The Labute approximate surface area is 187 Å². The van der Waals surface area contributed by atoms with Gasteiger partial charge in [0.2, 0.25) is 0 Å². The highest BCUT2D eigenvalue weighted by molar-refractivity contribution is 6.78. The molecule has 2 N–H and O–H groups in total. The molecule has 2 fully saturated rings. The predicted molar refractivity (Wildman–Crippen MR) is 127 cm³/mol. The molecule has 0 radical (unpaired) electrons. The Bertz CT molecular complexity index is 615. The van der Waals surface area contributed by atoms with Crippen molar-refractivity contribution in [2.24, 2.45) is 5.92 Å². The van der Waals surface area contributed by atoms with Crippen LogP contribution in [0.15, 0.2) is 0 Å². The molecule has 0 aromatic heterocycles. The molecule has 5 nitrogen and oxygen atoms in total. The summed E-state index contributed by atoms with van der Waals surface area (Å²) in [5, 5.41) is 19.7. The van der Waals surface area contributed by atoms with Crippen LogP contribution in [-0.2, 0) is 13.3 Å². The molecule has 1 aliphatic carbocycles. The van der Waals surface area contributed by atoms with Gasteiger partial charge in [-0.15, -0.1) is 0 Å². The van der Waals surface area contributed by atoms with Gasteiger partial charge >= 0.3 is 8.56 Å². The molecule has 0 aromatic rings. The van der Waals surface area contributed by atoms with E-state index in [2.05, 4.69) is 75.4 Å². The van der Waals surface area contributed by atoms with Crippen LogP contribution in [0.1, 0.15) is 88.0 Å². The maximum atomic E-state index is 10.1. The lowest BCUT2D eigenvalue weighted by Gasteiger charge is -2.54. The molecule has 2 aliphatic rings. The summed E-state index contributed by atoms with van der Waals surface area (Å²) in [7, 11) is -4.48. The topological polar surface area (TPSA) is 71.5 Å². The zero-order valence-electron chi connectivity index (χ0n) is 21.4. The minimum atomic E-state index is -2.29. The Morgan fingerprint density at radius 3 is 2.00 bits per heavy atom. The number of hydrogen-bond acceptors (Lipinski definition) is 5. The van der Waals surface area contributed by atoms with Crippen LogP contribution in [0.4, 0.5) is 0 Å². The van der Waals surface area contributed by atoms with Crippen molar-refractivity contribution in [1.82, 2.24) is 0 Å². The quantitative estimate of drug-likeness (QED) is 0.381. The number of aliphatic hydroxyl groups excluding tert-OH is 2. The van der Waals surface area contributed by atoms with Crippen LogP contribution in [0.5, 0.6) is 0 Å². The minimum absolute atomic E-state index is 0.137. The van der Waals surface area contributed by atoms with Gasteiger partial charge in [-0.2, -0.15) is 0 Å². The smallest absolute Gasteiger partial charge is 0.367 e. The van der Waals surface area contributed by atoms with Gasteiger partial charge in [0.25, 0.3) is 0 Å². The molecule has 1 aliphatic heterocycles. The molecule has 0 amide bonds. The molecule has 7 heteroatoms. The Morgan fingerprint density at radius 1 is 1.03 bits per heavy atom. The summed E-state index contributed by atoms with van der Waals surface area (Å²) < 4.78 is 19.8. The molecule has 0 bridgehead atoms. The van der Waals surface area contributed by atoms with Gasteiger partial charge in [-0.25, -0.2) is 0 Å². The summed E-state index contributed by atoms with van der Waals surface area (Å²) >= 11 is 0. The van der Waals surface area contributed by atoms with E-state index in [4.69, 9.17) is 13.3 Å². The second kappa shape index (κ2) is 8.22. The van der Waals surface area contributed by atoms with E-state index in [1.807, 2.05) is 0 Å². The summed E-state index contributed by atoms with van der Waals surface area (Å²) in [5.41, 5.74) is -0.608. The Hall–Kier alpha value is 0.234. The Kier molecular flexibility index (Phi) is 7.26. The summed E-state index contributed by atoms with van der Waals surface area (Å²) in [6.45, 7) is 24.3. The first-order valence-corrected chi connectivity index (χ1v) is 16.7. The van der Waals surface area contributed by atoms with Crippen LogP contribution in [0, 0.1) is 5.92 Å². The third-order valence-electron chi connectivity index (χ3n) is 8.23. The molecule has 1 saturated heterocycles. The summed E-state index contributed by atoms with van der Waals surface area (Å²) in [5.74, 6) is 0.441. The fraction of sp³-hybridized carbons (Fsp3) is 1.00. The average molecular weight is 461 g/mol. The van der Waals surface area contributed by atoms with Gasteiger partial charge in [0.1, 0.15) is 0 Å². The van der Waals surface area contributed by atoms with Crippen molar-refractivity contribution in [2.45, 2.75) is 141 Å². The predicted octanol–water partition coefficient (Wildman–Crippen LogP) is 5.28. The van der Waals surface area contributed by atoms with E-state index in [0.29, 0.717) is 18.8 Å². The fourth-order valence-corrected chi connectivity index (χ4v) is 12.6. The van der Waals surface area contributed by atoms with E-state index < -0.39 is 29.1 Å². The fourth-order valence-electron chi connectivity index (χ4n) is 4.98. The Balaban J connectivity index is 2.22. The normalized spacial score (nSPS) is 34.5. The molecule has 178 valence electrons. The lowest BCUT2D eigenvalue weighted by Crippen LogP contribution is -2.60. The van der Waals surface area contributed by atoms with E-state index in [1.54, 1.807) is 0 Å². The van der Waals surface area contributed by atoms with Crippen molar-refractivity contribution in [1.29, 1.82) is 0 Å². The van der Waals surface area contributed by atoms with E-state index in [-0.39, 0.29) is 21.5 Å². The second-order valence-electron chi connectivity index (χ2n) is 12.6. The lowest BCUT2D eigenvalue weighted by atomic mass is 9.84. The van der Waals surface area contributed by atoms with Crippen LogP contribution in [-0.4, -0.2) is 55.7 Å². The zero-order chi connectivity index (χ0) is 23.4. The number of rotatable bonds is 8. The van der Waals surface area contributed by atoms with Crippen LogP contribution in [0.3, 0.4) is 0 Å². The average Bonchev–Trinajstić information content (AvgIpc) is 3.02. The number of hydrogen-bond donors (Lipinski definition) is 2. The Morgan fingerprint density at radius 2 is 1.57 bits per heavy atom. The van der Waals surface area contributed by atoms with E-state index >= 15 is 0 Å². The van der Waals surface area contributed by atoms with Crippen molar-refractivity contribution in [3.63, 3.8) is 0 Å². The lowest BCUT2D eigenvalue weighted by molar-refractivity contribution is -0.0263. The summed E-state index contributed by atoms with van der Waals surface area (Å²) in [6, 6.07) is 1.01. The second-order valence-corrected chi connectivity index (χ2v) is 20.5. The molecule has 2 rings (SSSR count). The number of aliphatic hydroxyl groups is 2. The van der Waals surface area contributed by atoms with Gasteiger partial charge in [0.05, 0.1) is 23.0 Å². The molecular formula is C23H48O5Si2. The first-order valence-electron chi connectivity index (χ1n) is 11.7. The van der Waals surface area contributed by atoms with Crippen molar-refractivity contribution < 1.29 is 23.5 Å². The highest BCUT2D eigenvalue weighted by atomic mass is 28.4. The van der Waals surface area contributed by atoms with Crippen molar-refractivity contribution >= 4 is 16.9 Å². The molecule has 5 atom stereocenters. The molecule has 1 saturated carbocycles. The molecule has 1 heterocycles. The van der Waals surface area contributed by atoms with Gasteiger partial charge in [-0.05, 0) is 92.8 Å². The summed E-state index contributed by atoms with van der Waals surface area (Å²) in [6.07, 6.45) is 2.23. The standard InChI is InChI=1S/C23H48O5Si2/c1-20(2,3)26-29(10,15-14-17-12-13-18(24)19(25)16-17)22(6,7)21(4,5)27-30(11)23(8,9)28-30/h17-19,24-25H,12-16H2,1-11H3. The maximum absolute atomic E-state index is 10.1. The van der Waals surface area contributed by atoms with Crippen molar-refractivity contribution in [2.75, 3.05) is 0 Å². The van der Waals surface area contributed by atoms with Gasteiger partial charge in [0.15, 0.2) is 8.32 Å². The minimum Gasteiger partial charge on any atom is -0.412 e. The highest BCUT2D eigenvalue weighted by Gasteiger charge is 2.70. The van der Waals surface area contributed by atoms with Gasteiger partial charge in [-0.1, -0.05) is 20.3 Å². The molecule has 0 aromatic carbocycles. The largest absolute Gasteiger partial charge is 0.412 e. The van der Waals surface area contributed by atoms with E-state index in [0.717, 1.165) is 18.9 Å². The van der Waals surface area contributed by atoms with Crippen LogP contribution in [0.25, 0.3) is 0 Å². The third kappa shape index (κ3) is 5.41. The molecule has 0 spiro atoms. The van der Waals surface area contributed by atoms with E-state index in [9.17, 15) is 10.2 Å². The summed E-state index contributed by atoms with van der Waals surface area (Å²) in [4.78, 5) is 0. The monoisotopic (exact) mass is 460 g/mol. The maximum Gasteiger partial charge on any atom is 0.367 e. The van der Waals surface area contributed by atoms with Crippen LogP contribution >= 0.6 is 0 Å².